The summed E-state index contributed by atoms with van der Waals surface area (Å²) in [6.07, 6.45) is 5.54. The third kappa shape index (κ3) is 4.57. The SMILES string of the molecule is COc1ccc(OC)c(S(=O)(=O)N(Cc2ccc(OCC3CCC3)cc2)C2CC2)c1. The lowest BCUT2D eigenvalue weighted by Gasteiger charge is -2.25. The molecule has 0 bridgehead atoms. The smallest absolute Gasteiger partial charge is 0.247 e. The molecule has 0 atom stereocenters. The summed E-state index contributed by atoms with van der Waals surface area (Å²) in [5.41, 5.74) is 0.934. The Balaban J connectivity index is 1.52. The van der Waals surface area contributed by atoms with E-state index in [0.29, 0.717) is 24.0 Å². The molecule has 0 amide bonds. The molecule has 30 heavy (non-hydrogen) atoms. The lowest BCUT2D eigenvalue weighted by Crippen LogP contribution is -2.33. The van der Waals surface area contributed by atoms with Gasteiger partial charge in [0.05, 0.1) is 20.8 Å². The molecule has 2 aliphatic rings. The van der Waals surface area contributed by atoms with Crippen LogP contribution in [0, 0.1) is 5.92 Å². The van der Waals surface area contributed by atoms with Gasteiger partial charge in [-0.25, -0.2) is 8.42 Å². The molecule has 0 unspecified atom stereocenters. The molecule has 0 N–H and O–H groups in total. The summed E-state index contributed by atoms with van der Waals surface area (Å²) < 4.78 is 45.0. The van der Waals surface area contributed by atoms with Gasteiger partial charge in [-0.3, -0.25) is 0 Å². The van der Waals surface area contributed by atoms with Crippen LogP contribution in [0.5, 0.6) is 17.2 Å². The van der Waals surface area contributed by atoms with E-state index in [1.54, 1.807) is 16.4 Å². The van der Waals surface area contributed by atoms with Crippen molar-refractivity contribution in [1.29, 1.82) is 0 Å². The van der Waals surface area contributed by atoms with Crippen LogP contribution in [-0.2, 0) is 16.6 Å². The van der Waals surface area contributed by atoms with E-state index in [-0.39, 0.29) is 10.9 Å². The summed E-state index contributed by atoms with van der Waals surface area (Å²) in [5, 5.41) is 0. The summed E-state index contributed by atoms with van der Waals surface area (Å²) in [4.78, 5) is 0.136. The normalized spacial score (nSPS) is 16.9. The number of nitrogens with zero attached hydrogens (tertiary/aromatic N) is 1. The minimum absolute atomic E-state index is 0.0143. The van der Waals surface area contributed by atoms with Crippen molar-refractivity contribution >= 4 is 10.0 Å². The maximum absolute atomic E-state index is 13.5. The van der Waals surface area contributed by atoms with E-state index in [1.165, 1.54) is 39.5 Å². The fraction of sp³-hybridized carbons (Fsp3) is 0.478. The maximum Gasteiger partial charge on any atom is 0.247 e. The van der Waals surface area contributed by atoms with Crippen LogP contribution in [0.3, 0.4) is 0 Å². The Kier molecular flexibility index (Phi) is 6.20. The molecule has 2 saturated carbocycles. The Morgan fingerprint density at radius 2 is 1.63 bits per heavy atom. The predicted octanol–water partition coefficient (Wildman–Crippen LogP) is 4.24. The minimum atomic E-state index is -3.74. The Morgan fingerprint density at radius 3 is 2.20 bits per heavy atom. The first kappa shape index (κ1) is 21.0. The van der Waals surface area contributed by atoms with Crippen LogP contribution in [0.15, 0.2) is 47.4 Å². The van der Waals surface area contributed by atoms with Gasteiger partial charge in [0.1, 0.15) is 22.1 Å². The molecule has 4 rings (SSSR count). The Morgan fingerprint density at radius 1 is 0.933 bits per heavy atom. The van der Waals surface area contributed by atoms with Crippen LogP contribution >= 0.6 is 0 Å². The van der Waals surface area contributed by atoms with Crippen LogP contribution in [0.4, 0.5) is 0 Å². The van der Waals surface area contributed by atoms with Crippen molar-refractivity contribution in [1.82, 2.24) is 4.31 Å². The summed E-state index contributed by atoms with van der Waals surface area (Å²) in [6.45, 7) is 1.08. The molecule has 0 spiro atoms. The zero-order chi connectivity index (χ0) is 21.1. The Hall–Kier alpha value is -2.25. The quantitative estimate of drug-likeness (QED) is 0.563. The molecule has 0 heterocycles. The van der Waals surface area contributed by atoms with E-state index < -0.39 is 10.0 Å². The van der Waals surface area contributed by atoms with Gasteiger partial charge < -0.3 is 14.2 Å². The van der Waals surface area contributed by atoms with Crippen molar-refractivity contribution in [2.75, 3.05) is 20.8 Å². The molecule has 162 valence electrons. The van der Waals surface area contributed by atoms with Crippen molar-refractivity contribution in [2.45, 2.75) is 49.6 Å². The molecule has 0 aromatic heterocycles. The Labute approximate surface area is 178 Å². The molecule has 0 radical (unpaired) electrons. The fourth-order valence-corrected chi connectivity index (χ4v) is 5.48. The van der Waals surface area contributed by atoms with Gasteiger partial charge in [-0.05, 0) is 61.4 Å². The summed E-state index contributed by atoms with van der Waals surface area (Å²) in [7, 11) is -0.746. The van der Waals surface area contributed by atoms with Crippen LogP contribution in [0.25, 0.3) is 0 Å². The maximum atomic E-state index is 13.5. The number of methoxy groups -OCH3 is 2. The van der Waals surface area contributed by atoms with Gasteiger partial charge in [0, 0.05) is 18.7 Å². The highest BCUT2D eigenvalue weighted by molar-refractivity contribution is 7.89. The molecule has 2 aliphatic carbocycles. The van der Waals surface area contributed by atoms with Gasteiger partial charge in [0.25, 0.3) is 0 Å². The summed E-state index contributed by atoms with van der Waals surface area (Å²) in [5.74, 6) is 2.32. The van der Waals surface area contributed by atoms with Gasteiger partial charge in [-0.2, -0.15) is 4.31 Å². The van der Waals surface area contributed by atoms with Gasteiger partial charge in [-0.15, -0.1) is 0 Å². The monoisotopic (exact) mass is 431 g/mol. The zero-order valence-electron chi connectivity index (χ0n) is 17.5. The van der Waals surface area contributed by atoms with Crippen molar-refractivity contribution < 1.29 is 22.6 Å². The third-order valence-electron chi connectivity index (χ3n) is 5.88. The van der Waals surface area contributed by atoms with Gasteiger partial charge in [0.2, 0.25) is 10.0 Å². The number of benzene rings is 2. The van der Waals surface area contributed by atoms with Crippen LogP contribution in [0.2, 0.25) is 0 Å². The fourth-order valence-electron chi connectivity index (χ4n) is 3.63. The van der Waals surface area contributed by atoms with Crippen LogP contribution < -0.4 is 14.2 Å². The van der Waals surface area contributed by atoms with Crippen molar-refractivity contribution in [3.8, 4) is 17.2 Å². The third-order valence-corrected chi connectivity index (χ3v) is 7.80. The van der Waals surface area contributed by atoms with E-state index in [4.69, 9.17) is 14.2 Å². The predicted molar refractivity (Wildman–Crippen MR) is 115 cm³/mol. The van der Waals surface area contributed by atoms with Crippen LogP contribution in [0.1, 0.15) is 37.7 Å². The van der Waals surface area contributed by atoms with E-state index in [1.807, 2.05) is 24.3 Å². The topological polar surface area (TPSA) is 65.1 Å². The number of hydrogen-bond donors (Lipinski definition) is 0. The first-order valence-corrected chi connectivity index (χ1v) is 11.9. The largest absolute Gasteiger partial charge is 0.497 e. The second-order valence-electron chi connectivity index (χ2n) is 8.05. The second-order valence-corrected chi connectivity index (χ2v) is 9.91. The first-order chi connectivity index (χ1) is 14.5. The van der Waals surface area contributed by atoms with Gasteiger partial charge in [-0.1, -0.05) is 18.6 Å². The number of sulfonamides is 1. The van der Waals surface area contributed by atoms with E-state index in [2.05, 4.69) is 0 Å². The highest BCUT2D eigenvalue weighted by Gasteiger charge is 2.39. The molecular formula is C23H29NO5S. The summed E-state index contributed by atoms with van der Waals surface area (Å²) >= 11 is 0. The van der Waals surface area contributed by atoms with E-state index in [0.717, 1.165) is 30.8 Å². The van der Waals surface area contributed by atoms with Gasteiger partial charge >= 0.3 is 0 Å². The molecule has 7 heteroatoms. The molecule has 0 aliphatic heterocycles. The Bertz CT molecular complexity index is 966. The second kappa shape index (κ2) is 8.86. The van der Waals surface area contributed by atoms with E-state index >= 15 is 0 Å². The van der Waals surface area contributed by atoms with Crippen molar-refractivity contribution in [3.63, 3.8) is 0 Å². The summed E-state index contributed by atoms with van der Waals surface area (Å²) in [6, 6.07) is 12.6. The molecule has 6 nitrogen and oxygen atoms in total. The highest BCUT2D eigenvalue weighted by atomic mass is 32.2. The molecular weight excluding hydrogens is 402 g/mol. The number of rotatable bonds is 10. The minimum Gasteiger partial charge on any atom is -0.497 e. The molecule has 2 aromatic rings. The number of hydrogen-bond acceptors (Lipinski definition) is 5. The van der Waals surface area contributed by atoms with Crippen molar-refractivity contribution in [2.24, 2.45) is 5.92 Å². The van der Waals surface area contributed by atoms with E-state index in [9.17, 15) is 8.42 Å². The van der Waals surface area contributed by atoms with Crippen molar-refractivity contribution in [3.05, 3.63) is 48.0 Å². The molecule has 0 saturated heterocycles. The lowest BCUT2D eigenvalue weighted by molar-refractivity contribution is 0.180. The standard InChI is InChI=1S/C23H29NO5S/c1-27-21-12-13-22(28-2)23(14-21)30(25,26)24(19-8-9-19)15-17-6-10-20(11-7-17)29-16-18-4-3-5-18/h6-7,10-14,18-19H,3-5,8-9,15-16H2,1-2H3. The van der Waals surface area contributed by atoms with Crippen LogP contribution in [-0.4, -0.2) is 39.6 Å². The molecule has 2 fully saturated rings. The highest BCUT2D eigenvalue weighted by Crippen LogP contribution is 2.38. The van der Waals surface area contributed by atoms with Gasteiger partial charge in [0.15, 0.2) is 0 Å². The average Bonchev–Trinajstić information content (AvgIpc) is 3.56. The zero-order valence-corrected chi connectivity index (χ0v) is 18.4. The lowest BCUT2D eigenvalue weighted by atomic mass is 9.86. The number of ether oxygens (including phenoxy) is 3. The first-order valence-electron chi connectivity index (χ1n) is 10.5. The molecule has 2 aromatic carbocycles. The average molecular weight is 432 g/mol.